The van der Waals surface area contributed by atoms with Crippen molar-refractivity contribution >= 4 is 5.91 Å². The summed E-state index contributed by atoms with van der Waals surface area (Å²) in [7, 11) is 0. The third kappa shape index (κ3) is 3.33. The minimum Gasteiger partial charge on any atom is -0.352 e. The zero-order valence-electron chi connectivity index (χ0n) is 11.0. The summed E-state index contributed by atoms with van der Waals surface area (Å²) in [5.74, 6) is 0.796. The highest BCUT2D eigenvalue weighted by Crippen LogP contribution is 2.12. The second-order valence-corrected chi connectivity index (χ2v) is 4.91. The van der Waals surface area contributed by atoms with Crippen LogP contribution in [0.1, 0.15) is 35.7 Å². The third-order valence-electron chi connectivity index (χ3n) is 3.64. The van der Waals surface area contributed by atoms with Crippen LogP contribution in [0.4, 0.5) is 0 Å². The summed E-state index contributed by atoms with van der Waals surface area (Å²) in [6.45, 7) is 5.08. The summed E-state index contributed by atoms with van der Waals surface area (Å²) in [5.41, 5.74) is 1.95. The first-order chi connectivity index (χ1) is 8.81. The number of carbonyl (C=O) groups is 1. The lowest BCUT2D eigenvalue weighted by Gasteiger charge is -2.11. The van der Waals surface area contributed by atoms with Gasteiger partial charge in [-0.2, -0.15) is 0 Å². The minimum atomic E-state index is 0.0680. The van der Waals surface area contributed by atoms with Crippen molar-refractivity contribution in [3.8, 4) is 0 Å². The maximum Gasteiger partial charge on any atom is 0.251 e. The number of rotatable bonds is 5. The number of amides is 1. The number of aryl methyl sites for hydroxylation is 1. The van der Waals surface area contributed by atoms with Crippen molar-refractivity contribution in [2.24, 2.45) is 5.92 Å². The van der Waals surface area contributed by atoms with Gasteiger partial charge in [0.05, 0.1) is 0 Å². The van der Waals surface area contributed by atoms with E-state index >= 15 is 0 Å². The Morgan fingerprint density at radius 3 is 3.00 bits per heavy atom. The monoisotopic (exact) mass is 246 g/mol. The lowest BCUT2D eigenvalue weighted by molar-refractivity contribution is 0.0951. The van der Waals surface area contributed by atoms with Crippen LogP contribution in [-0.4, -0.2) is 25.5 Å². The summed E-state index contributed by atoms with van der Waals surface area (Å²) in [6, 6.07) is 7.84. The highest BCUT2D eigenvalue weighted by molar-refractivity contribution is 5.95. The van der Waals surface area contributed by atoms with Gasteiger partial charge in [0, 0.05) is 12.1 Å². The SMILES string of the molecule is CCc1ccccc1C(=O)NCCC1CCNC1. The van der Waals surface area contributed by atoms with E-state index in [-0.39, 0.29) is 5.91 Å². The van der Waals surface area contributed by atoms with Crippen LogP contribution in [0.2, 0.25) is 0 Å². The standard InChI is InChI=1S/C15H22N2O/c1-2-13-5-3-4-6-14(13)15(18)17-10-8-12-7-9-16-11-12/h3-6,12,16H,2,7-11H2,1H3,(H,17,18). The molecule has 1 unspecified atom stereocenters. The Bertz CT molecular complexity index is 397. The first-order valence-electron chi connectivity index (χ1n) is 6.88. The van der Waals surface area contributed by atoms with E-state index in [0.29, 0.717) is 0 Å². The quantitative estimate of drug-likeness (QED) is 0.834. The van der Waals surface area contributed by atoms with Gasteiger partial charge in [0.1, 0.15) is 0 Å². The number of hydrogen-bond acceptors (Lipinski definition) is 2. The zero-order chi connectivity index (χ0) is 12.8. The molecule has 1 heterocycles. The van der Waals surface area contributed by atoms with E-state index in [1.807, 2.05) is 24.3 Å². The fourth-order valence-electron chi connectivity index (χ4n) is 2.50. The Balaban J connectivity index is 1.83. The molecule has 1 aromatic carbocycles. The Morgan fingerprint density at radius 2 is 2.28 bits per heavy atom. The van der Waals surface area contributed by atoms with E-state index in [0.717, 1.165) is 49.5 Å². The molecule has 1 aliphatic rings. The molecule has 0 aromatic heterocycles. The van der Waals surface area contributed by atoms with Crippen LogP contribution in [0.5, 0.6) is 0 Å². The number of benzene rings is 1. The van der Waals surface area contributed by atoms with Crippen LogP contribution in [0.25, 0.3) is 0 Å². The highest BCUT2D eigenvalue weighted by atomic mass is 16.1. The molecule has 18 heavy (non-hydrogen) atoms. The molecule has 3 heteroatoms. The van der Waals surface area contributed by atoms with Crippen molar-refractivity contribution in [3.63, 3.8) is 0 Å². The van der Waals surface area contributed by atoms with Gasteiger partial charge in [0.2, 0.25) is 0 Å². The molecule has 0 radical (unpaired) electrons. The molecule has 0 aliphatic carbocycles. The van der Waals surface area contributed by atoms with Crippen LogP contribution in [-0.2, 0) is 6.42 Å². The van der Waals surface area contributed by atoms with Crippen LogP contribution >= 0.6 is 0 Å². The molecular formula is C15H22N2O. The fourth-order valence-corrected chi connectivity index (χ4v) is 2.50. The molecule has 2 rings (SSSR count). The van der Waals surface area contributed by atoms with Crippen molar-refractivity contribution in [2.45, 2.75) is 26.2 Å². The first-order valence-corrected chi connectivity index (χ1v) is 6.88. The maximum atomic E-state index is 12.1. The largest absolute Gasteiger partial charge is 0.352 e. The zero-order valence-corrected chi connectivity index (χ0v) is 11.0. The Labute approximate surface area is 109 Å². The van der Waals surface area contributed by atoms with Gasteiger partial charge in [-0.3, -0.25) is 4.79 Å². The van der Waals surface area contributed by atoms with Crippen LogP contribution < -0.4 is 10.6 Å². The van der Waals surface area contributed by atoms with E-state index in [4.69, 9.17) is 0 Å². The molecule has 1 aliphatic heterocycles. The van der Waals surface area contributed by atoms with Crippen molar-refractivity contribution in [3.05, 3.63) is 35.4 Å². The highest BCUT2D eigenvalue weighted by Gasteiger charge is 2.15. The summed E-state index contributed by atoms with van der Waals surface area (Å²) in [4.78, 5) is 12.1. The van der Waals surface area contributed by atoms with Gasteiger partial charge in [0.25, 0.3) is 5.91 Å². The topological polar surface area (TPSA) is 41.1 Å². The molecule has 0 bridgehead atoms. The average molecular weight is 246 g/mol. The lowest BCUT2D eigenvalue weighted by atomic mass is 10.0. The normalized spacial score (nSPS) is 18.8. The summed E-state index contributed by atoms with van der Waals surface area (Å²) >= 11 is 0. The smallest absolute Gasteiger partial charge is 0.251 e. The van der Waals surface area contributed by atoms with E-state index in [9.17, 15) is 4.79 Å². The van der Waals surface area contributed by atoms with Crippen molar-refractivity contribution in [1.82, 2.24) is 10.6 Å². The minimum absolute atomic E-state index is 0.0680. The Morgan fingerprint density at radius 1 is 1.44 bits per heavy atom. The van der Waals surface area contributed by atoms with E-state index < -0.39 is 0 Å². The van der Waals surface area contributed by atoms with Crippen LogP contribution in [0, 0.1) is 5.92 Å². The molecule has 0 saturated carbocycles. The Kier molecular flexibility index (Phi) is 4.76. The van der Waals surface area contributed by atoms with Gasteiger partial charge in [-0.25, -0.2) is 0 Å². The maximum absolute atomic E-state index is 12.1. The summed E-state index contributed by atoms with van der Waals surface area (Å²) in [5, 5.41) is 6.38. The molecular weight excluding hydrogens is 224 g/mol. The van der Waals surface area contributed by atoms with Gasteiger partial charge in [0.15, 0.2) is 0 Å². The van der Waals surface area contributed by atoms with Crippen LogP contribution in [0.3, 0.4) is 0 Å². The van der Waals surface area contributed by atoms with E-state index in [1.165, 1.54) is 6.42 Å². The fraction of sp³-hybridized carbons (Fsp3) is 0.533. The van der Waals surface area contributed by atoms with Crippen LogP contribution in [0.15, 0.2) is 24.3 Å². The molecule has 98 valence electrons. The van der Waals surface area contributed by atoms with Gasteiger partial charge < -0.3 is 10.6 Å². The number of nitrogens with one attached hydrogen (secondary N) is 2. The molecule has 1 atom stereocenters. The molecule has 1 saturated heterocycles. The number of hydrogen-bond donors (Lipinski definition) is 2. The molecule has 0 spiro atoms. The summed E-state index contributed by atoms with van der Waals surface area (Å²) < 4.78 is 0. The molecule has 1 fully saturated rings. The molecule has 1 aromatic rings. The van der Waals surface area contributed by atoms with Crippen molar-refractivity contribution < 1.29 is 4.79 Å². The van der Waals surface area contributed by atoms with Gasteiger partial charge in [-0.15, -0.1) is 0 Å². The first kappa shape index (κ1) is 13.1. The molecule has 2 N–H and O–H groups in total. The average Bonchev–Trinajstić information content (AvgIpc) is 2.91. The predicted octanol–water partition coefficient (Wildman–Crippen LogP) is 1.98. The van der Waals surface area contributed by atoms with E-state index in [1.54, 1.807) is 0 Å². The Hall–Kier alpha value is -1.35. The second-order valence-electron chi connectivity index (χ2n) is 4.91. The second kappa shape index (κ2) is 6.55. The van der Waals surface area contributed by atoms with Crippen molar-refractivity contribution in [1.29, 1.82) is 0 Å². The van der Waals surface area contributed by atoms with E-state index in [2.05, 4.69) is 17.6 Å². The van der Waals surface area contributed by atoms with Gasteiger partial charge in [-0.05, 0) is 49.9 Å². The predicted molar refractivity (Wildman–Crippen MR) is 73.7 cm³/mol. The number of carbonyl (C=O) groups excluding carboxylic acids is 1. The van der Waals surface area contributed by atoms with Gasteiger partial charge >= 0.3 is 0 Å². The van der Waals surface area contributed by atoms with Crippen molar-refractivity contribution in [2.75, 3.05) is 19.6 Å². The summed E-state index contributed by atoms with van der Waals surface area (Å²) in [6.07, 6.45) is 3.21. The third-order valence-corrected chi connectivity index (χ3v) is 3.64. The molecule has 1 amide bonds. The molecule has 3 nitrogen and oxygen atoms in total. The van der Waals surface area contributed by atoms with Gasteiger partial charge in [-0.1, -0.05) is 25.1 Å². The lowest BCUT2D eigenvalue weighted by Crippen LogP contribution is -2.27.